The fourth-order valence-electron chi connectivity index (χ4n) is 1.89. The van der Waals surface area contributed by atoms with Crippen LogP contribution in [0.25, 0.3) is 0 Å². The molecule has 100 valence electrons. The van der Waals surface area contributed by atoms with E-state index < -0.39 is 12.1 Å². The van der Waals surface area contributed by atoms with Gasteiger partial charge in [0.1, 0.15) is 5.82 Å². The molecular formula is C11H17N3O3S. The van der Waals surface area contributed by atoms with Crippen LogP contribution in [0.1, 0.15) is 32.0 Å². The number of rotatable bonds is 6. The van der Waals surface area contributed by atoms with Crippen LogP contribution >= 0.6 is 11.5 Å². The maximum Gasteiger partial charge on any atom is 0.332 e. The minimum atomic E-state index is -0.876. The van der Waals surface area contributed by atoms with Gasteiger partial charge in [-0.05, 0) is 19.3 Å². The molecule has 7 heteroatoms. The van der Waals surface area contributed by atoms with E-state index in [1.165, 1.54) is 11.5 Å². The molecule has 1 saturated heterocycles. The van der Waals surface area contributed by atoms with Gasteiger partial charge in [-0.2, -0.15) is 4.37 Å². The molecule has 18 heavy (non-hydrogen) atoms. The number of aliphatic carboxylic acids is 1. The summed E-state index contributed by atoms with van der Waals surface area (Å²) in [7, 11) is 0. The lowest BCUT2D eigenvalue weighted by molar-refractivity contribution is -0.149. The second-order valence-electron chi connectivity index (χ2n) is 4.31. The van der Waals surface area contributed by atoms with E-state index in [1.807, 2.05) is 0 Å². The van der Waals surface area contributed by atoms with E-state index in [1.54, 1.807) is 0 Å². The van der Waals surface area contributed by atoms with Crippen molar-refractivity contribution in [3.8, 4) is 0 Å². The Labute approximate surface area is 110 Å². The molecule has 0 bridgehead atoms. The summed E-state index contributed by atoms with van der Waals surface area (Å²) in [5, 5.41) is 12.7. The fraction of sp³-hybridized carbons (Fsp3) is 0.727. The van der Waals surface area contributed by atoms with Crippen LogP contribution in [-0.2, 0) is 16.0 Å². The van der Waals surface area contributed by atoms with Gasteiger partial charge in [-0.1, -0.05) is 6.92 Å². The number of nitrogens with one attached hydrogen (secondary N) is 1. The predicted octanol–water partition coefficient (Wildman–Crippen LogP) is 1.53. The molecule has 1 aromatic heterocycles. The van der Waals surface area contributed by atoms with E-state index >= 15 is 0 Å². The van der Waals surface area contributed by atoms with Crippen LogP contribution in [0.2, 0.25) is 0 Å². The lowest BCUT2D eigenvalue weighted by Crippen LogP contribution is -2.24. The van der Waals surface area contributed by atoms with Gasteiger partial charge >= 0.3 is 5.97 Å². The van der Waals surface area contributed by atoms with E-state index in [0.29, 0.717) is 13.0 Å². The maximum absolute atomic E-state index is 10.7. The highest BCUT2D eigenvalue weighted by atomic mass is 32.1. The summed E-state index contributed by atoms with van der Waals surface area (Å²) in [6.45, 7) is 2.68. The Morgan fingerprint density at radius 1 is 1.61 bits per heavy atom. The number of hydrogen-bond donors (Lipinski definition) is 2. The molecule has 0 aromatic carbocycles. The summed E-state index contributed by atoms with van der Waals surface area (Å²) < 4.78 is 9.62. The molecule has 0 radical (unpaired) electrons. The smallest absolute Gasteiger partial charge is 0.332 e. The molecule has 0 amide bonds. The molecule has 2 unspecified atom stereocenters. The van der Waals surface area contributed by atoms with Crippen LogP contribution < -0.4 is 5.32 Å². The first kappa shape index (κ1) is 13.2. The number of aromatic nitrogens is 2. The summed E-state index contributed by atoms with van der Waals surface area (Å²) in [6.07, 6.45) is 2.57. The second-order valence-corrected chi connectivity index (χ2v) is 5.06. The van der Waals surface area contributed by atoms with E-state index in [2.05, 4.69) is 21.6 Å². The quantitative estimate of drug-likeness (QED) is 0.816. The third-order valence-corrected chi connectivity index (χ3v) is 3.52. The zero-order chi connectivity index (χ0) is 13.0. The Balaban J connectivity index is 1.76. The molecular weight excluding hydrogens is 254 g/mol. The van der Waals surface area contributed by atoms with Gasteiger partial charge in [0.2, 0.25) is 5.13 Å². The van der Waals surface area contributed by atoms with Crippen molar-refractivity contribution in [1.82, 2.24) is 9.36 Å². The van der Waals surface area contributed by atoms with E-state index in [0.717, 1.165) is 30.2 Å². The van der Waals surface area contributed by atoms with Crippen molar-refractivity contribution in [3.63, 3.8) is 0 Å². The molecule has 2 heterocycles. The van der Waals surface area contributed by atoms with Crippen LogP contribution in [0.3, 0.4) is 0 Å². The largest absolute Gasteiger partial charge is 0.479 e. The third kappa shape index (κ3) is 3.39. The minimum absolute atomic E-state index is 0.0513. The van der Waals surface area contributed by atoms with E-state index in [9.17, 15) is 4.79 Å². The lowest BCUT2D eigenvalue weighted by atomic mass is 10.2. The molecule has 1 aromatic rings. The summed E-state index contributed by atoms with van der Waals surface area (Å²) in [5.41, 5.74) is 0. The van der Waals surface area contributed by atoms with Gasteiger partial charge < -0.3 is 15.2 Å². The standard InChI is InChI=1S/C11H17N3O3S/c1-2-3-9-13-11(18-14-9)12-6-7-4-5-8(17-7)10(15)16/h7-8H,2-6H2,1H3,(H,15,16)(H,12,13,14). The Kier molecular flexibility index (Phi) is 4.48. The second kappa shape index (κ2) is 6.10. The zero-order valence-electron chi connectivity index (χ0n) is 10.3. The first-order valence-electron chi connectivity index (χ1n) is 6.13. The minimum Gasteiger partial charge on any atom is -0.479 e. The SMILES string of the molecule is CCCc1nsc(NCC2CCC(C(=O)O)O2)n1. The number of carbonyl (C=O) groups is 1. The average Bonchev–Trinajstić information content (AvgIpc) is 2.95. The monoisotopic (exact) mass is 271 g/mol. The number of hydrogen-bond acceptors (Lipinski definition) is 6. The van der Waals surface area contributed by atoms with Gasteiger partial charge in [0.25, 0.3) is 0 Å². The van der Waals surface area contributed by atoms with E-state index in [-0.39, 0.29) is 6.10 Å². The Morgan fingerprint density at radius 3 is 3.11 bits per heavy atom. The molecule has 2 N–H and O–H groups in total. The molecule has 1 aliphatic heterocycles. The first-order valence-corrected chi connectivity index (χ1v) is 6.91. The van der Waals surface area contributed by atoms with Crippen molar-refractivity contribution >= 4 is 22.6 Å². The lowest BCUT2D eigenvalue weighted by Gasteiger charge is -2.11. The fourth-order valence-corrected chi connectivity index (χ4v) is 2.51. The molecule has 0 spiro atoms. The van der Waals surface area contributed by atoms with Gasteiger partial charge in [0.05, 0.1) is 6.10 Å². The number of ether oxygens (including phenoxy) is 1. The topological polar surface area (TPSA) is 84.3 Å². The van der Waals surface area contributed by atoms with Crippen LogP contribution in [0.4, 0.5) is 5.13 Å². The van der Waals surface area contributed by atoms with Crippen molar-refractivity contribution < 1.29 is 14.6 Å². The van der Waals surface area contributed by atoms with Gasteiger partial charge in [0, 0.05) is 24.5 Å². The maximum atomic E-state index is 10.7. The van der Waals surface area contributed by atoms with Crippen LogP contribution in [0.15, 0.2) is 0 Å². The summed E-state index contributed by atoms with van der Waals surface area (Å²) >= 11 is 1.34. The molecule has 0 saturated carbocycles. The van der Waals surface area contributed by atoms with Crippen molar-refractivity contribution in [2.24, 2.45) is 0 Å². The summed E-state index contributed by atoms with van der Waals surface area (Å²) in [4.78, 5) is 15.1. The van der Waals surface area contributed by atoms with E-state index in [4.69, 9.17) is 9.84 Å². The average molecular weight is 271 g/mol. The normalized spacial score (nSPS) is 23.2. The number of carboxylic acid groups (broad SMARTS) is 1. The van der Waals surface area contributed by atoms with Crippen molar-refractivity contribution in [2.75, 3.05) is 11.9 Å². The highest BCUT2D eigenvalue weighted by Gasteiger charge is 2.30. The molecule has 2 rings (SSSR count). The molecule has 1 aliphatic rings. The summed E-state index contributed by atoms with van der Waals surface area (Å²) in [5.74, 6) is -0.0144. The molecule has 2 atom stereocenters. The summed E-state index contributed by atoms with van der Waals surface area (Å²) in [6, 6.07) is 0. The Bertz CT molecular complexity index is 410. The molecule has 6 nitrogen and oxygen atoms in total. The van der Waals surface area contributed by atoms with Crippen LogP contribution in [0, 0.1) is 0 Å². The molecule has 1 fully saturated rings. The van der Waals surface area contributed by atoms with Gasteiger partial charge in [-0.25, -0.2) is 9.78 Å². The number of nitrogens with zero attached hydrogens (tertiary/aromatic N) is 2. The zero-order valence-corrected chi connectivity index (χ0v) is 11.1. The van der Waals surface area contributed by atoms with Crippen LogP contribution in [0.5, 0.6) is 0 Å². The third-order valence-electron chi connectivity index (χ3n) is 2.81. The van der Waals surface area contributed by atoms with Gasteiger partial charge in [0.15, 0.2) is 6.10 Å². The predicted molar refractivity (Wildman–Crippen MR) is 67.9 cm³/mol. The van der Waals surface area contributed by atoms with Gasteiger partial charge in [-0.15, -0.1) is 0 Å². The van der Waals surface area contributed by atoms with Crippen molar-refractivity contribution in [2.45, 2.75) is 44.8 Å². The highest BCUT2D eigenvalue weighted by molar-refractivity contribution is 7.09. The Morgan fingerprint density at radius 2 is 2.44 bits per heavy atom. The number of carboxylic acids is 1. The van der Waals surface area contributed by atoms with Crippen molar-refractivity contribution in [1.29, 1.82) is 0 Å². The van der Waals surface area contributed by atoms with Crippen molar-refractivity contribution in [3.05, 3.63) is 5.82 Å². The first-order chi connectivity index (χ1) is 8.69. The van der Waals surface area contributed by atoms with Crippen LogP contribution in [-0.4, -0.2) is 39.2 Å². The number of anilines is 1. The molecule has 0 aliphatic carbocycles. The highest BCUT2D eigenvalue weighted by Crippen LogP contribution is 2.21. The number of aryl methyl sites for hydroxylation is 1. The Hall–Kier alpha value is -1.21. The van der Waals surface area contributed by atoms with Gasteiger partial charge in [-0.3, -0.25) is 0 Å².